The normalized spacial score (nSPS) is 18.9. The Balaban J connectivity index is 1.84. The molecule has 1 N–H and O–H groups in total. The second kappa shape index (κ2) is 5.70. The largest absolute Gasteiger partial charge is 0.310 e. The summed E-state index contributed by atoms with van der Waals surface area (Å²) < 4.78 is 0. The van der Waals surface area contributed by atoms with Gasteiger partial charge in [-0.25, -0.2) is 0 Å². The Kier molecular flexibility index (Phi) is 4.25. The average Bonchev–Trinajstić information content (AvgIpc) is 2.81. The van der Waals surface area contributed by atoms with E-state index in [9.17, 15) is 0 Å². The van der Waals surface area contributed by atoms with Crippen LogP contribution < -0.4 is 5.32 Å². The van der Waals surface area contributed by atoms with Crippen molar-refractivity contribution < 1.29 is 0 Å². The van der Waals surface area contributed by atoms with Crippen LogP contribution in [0, 0.1) is 5.92 Å². The molecule has 88 valence electrons. The van der Waals surface area contributed by atoms with Gasteiger partial charge in [0.25, 0.3) is 0 Å². The Morgan fingerprint density at radius 3 is 2.69 bits per heavy atom. The van der Waals surface area contributed by atoms with Gasteiger partial charge in [0, 0.05) is 17.6 Å². The third kappa shape index (κ3) is 2.99. The summed E-state index contributed by atoms with van der Waals surface area (Å²) in [7, 11) is 0. The van der Waals surface area contributed by atoms with Gasteiger partial charge in [-0.3, -0.25) is 0 Å². The van der Waals surface area contributed by atoms with Crippen LogP contribution >= 0.6 is 11.6 Å². The standard InChI is InChI=1S/C14H20ClN/c1-11(12-6-2-3-7-12)16-10-13-8-4-5-9-14(13)15/h4-5,8-9,11-12,16H,2-3,6-7,10H2,1H3/t11-/m0/s1. The molecule has 0 spiro atoms. The van der Waals surface area contributed by atoms with E-state index in [1.54, 1.807) is 0 Å². The summed E-state index contributed by atoms with van der Waals surface area (Å²) in [6, 6.07) is 8.68. The van der Waals surface area contributed by atoms with E-state index in [4.69, 9.17) is 11.6 Å². The Hall–Kier alpha value is -0.530. The van der Waals surface area contributed by atoms with Gasteiger partial charge in [0.05, 0.1) is 0 Å². The van der Waals surface area contributed by atoms with Gasteiger partial charge < -0.3 is 5.32 Å². The zero-order valence-electron chi connectivity index (χ0n) is 9.88. The molecule has 0 amide bonds. The third-order valence-electron chi connectivity index (χ3n) is 3.68. The minimum Gasteiger partial charge on any atom is -0.310 e. The molecule has 1 aliphatic carbocycles. The van der Waals surface area contributed by atoms with Crippen LogP contribution in [0.2, 0.25) is 5.02 Å². The van der Waals surface area contributed by atoms with Crippen LogP contribution in [-0.2, 0) is 6.54 Å². The highest BCUT2D eigenvalue weighted by Crippen LogP contribution is 2.27. The molecule has 1 aromatic carbocycles. The maximum Gasteiger partial charge on any atom is 0.0450 e. The van der Waals surface area contributed by atoms with Crippen LogP contribution in [0.15, 0.2) is 24.3 Å². The number of hydrogen-bond donors (Lipinski definition) is 1. The zero-order valence-corrected chi connectivity index (χ0v) is 10.6. The smallest absolute Gasteiger partial charge is 0.0450 e. The number of benzene rings is 1. The van der Waals surface area contributed by atoms with Crippen molar-refractivity contribution in [2.45, 2.75) is 45.2 Å². The van der Waals surface area contributed by atoms with Crippen molar-refractivity contribution in [2.24, 2.45) is 5.92 Å². The Morgan fingerprint density at radius 1 is 1.31 bits per heavy atom. The summed E-state index contributed by atoms with van der Waals surface area (Å²) in [5, 5.41) is 4.47. The van der Waals surface area contributed by atoms with Gasteiger partial charge in [-0.15, -0.1) is 0 Å². The molecule has 0 aliphatic heterocycles. The Bertz CT molecular complexity index is 331. The van der Waals surface area contributed by atoms with E-state index in [-0.39, 0.29) is 0 Å². The molecule has 1 saturated carbocycles. The molecule has 16 heavy (non-hydrogen) atoms. The van der Waals surface area contributed by atoms with Gasteiger partial charge >= 0.3 is 0 Å². The molecule has 0 aromatic heterocycles. The first kappa shape index (κ1) is 11.9. The highest BCUT2D eigenvalue weighted by Gasteiger charge is 2.20. The van der Waals surface area contributed by atoms with Gasteiger partial charge in [-0.1, -0.05) is 42.6 Å². The number of halogens is 1. The van der Waals surface area contributed by atoms with Gasteiger partial charge in [-0.2, -0.15) is 0 Å². The van der Waals surface area contributed by atoms with Crippen molar-refractivity contribution in [3.05, 3.63) is 34.9 Å². The predicted molar refractivity (Wildman–Crippen MR) is 69.7 cm³/mol. The molecule has 2 rings (SSSR count). The molecule has 1 fully saturated rings. The minimum atomic E-state index is 0.610. The molecule has 1 atom stereocenters. The lowest BCUT2D eigenvalue weighted by atomic mass is 9.99. The van der Waals surface area contributed by atoms with Crippen molar-refractivity contribution in [1.82, 2.24) is 5.32 Å². The van der Waals surface area contributed by atoms with Crippen LogP contribution in [0.3, 0.4) is 0 Å². The fourth-order valence-electron chi connectivity index (χ4n) is 2.54. The van der Waals surface area contributed by atoms with E-state index >= 15 is 0 Å². The lowest BCUT2D eigenvalue weighted by Crippen LogP contribution is -2.31. The molecule has 0 radical (unpaired) electrons. The second-order valence-corrected chi connectivity index (χ2v) is 5.21. The lowest BCUT2D eigenvalue weighted by molar-refractivity contribution is 0.380. The highest BCUT2D eigenvalue weighted by atomic mass is 35.5. The maximum absolute atomic E-state index is 6.13. The summed E-state index contributed by atoms with van der Waals surface area (Å²) in [4.78, 5) is 0. The fraction of sp³-hybridized carbons (Fsp3) is 0.571. The molecule has 0 saturated heterocycles. The Labute approximate surface area is 103 Å². The molecule has 0 bridgehead atoms. The van der Waals surface area contributed by atoms with Crippen molar-refractivity contribution >= 4 is 11.6 Å². The number of hydrogen-bond acceptors (Lipinski definition) is 1. The molecular formula is C14H20ClN. The first-order valence-electron chi connectivity index (χ1n) is 6.24. The van der Waals surface area contributed by atoms with Gasteiger partial charge in [-0.05, 0) is 37.3 Å². The van der Waals surface area contributed by atoms with Crippen molar-refractivity contribution in [3.63, 3.8) is 0 Å². The van der Waals surface area contributed by atoms with Crippen LogP contribution in [0.4, 0.5) is 0 Å². The summed E-state index contributed by atoms with van der Waals surface area (Å²) >= 11 is 6.13. The fourth-order valence-corrected chi connectivity index (χ4v) is 2.74. The molecule has 2 heteroatoms. The second-order valence-electron chi connectivity index (χ2n) is 4.81. The molecular weight excluding hydrogens is 218 g/mol. The summed E-state index contributed by atoms with van der Waals surface area (Å²) in [6.07, 6.45) is 5.58. The van der Waals surface area contributed by atoms with Gasteiger partial charge in [0.15, 0.2) is 0 Å². The topological polar surface area (TPSA) is 12.0 Å². The summed E-state index contributed by atoms with van der Waals surface area (Å²) in [5.74, 6) is 0.863. The van der Waals surface area contributed by atoms with E-state index in [1.165, 1.54) is 31.2 Å². The van der Waals surface area contributed by atoms with Crippen molar-refractivity contribution in [3.8, 4) is 0 Å². The molecule has 0 unspecified atom stereocenters. The first-order valence-corrected chi connectivity index (χ1v) is 6.62. The predicted octanol–water partition coefficient (Wildman–Crippen LogP) is 4.01. The Morgan fingerprint density at radius 2 is 2.00 bits per heavy atom. The van der Waals surface area contributed by atoms with E-state index in [0.717, 1.165) is 17.5 Å². The van der Waals surface area contributed by atoms with E-state index < -0.39 is 0 Å². The number of rotatable bonds is 4. The van der Waals surface area contributed by atoms with E-state index in [0.29, 0.717) is 6.04 Å². The van der Waals surface area contributed by atoms with Gasteiger partial charge in [0.2, 0.25) is 0 Å². The maximum atomic E-state index is 6.13. The molecule has 0 heterocycles. The van der Waals surface area contributed by atoms with Crippen LogP contribution in [0.1, 0.15) is 38.2 Å². The van der Waals surface area contributed by atoms with Crippen LogP contribution in [0.5, 0.6) is 0 Å². The van der Waals surface area contributed by atoms with Gasteiger partial charge in [0.1, 0.15) is 0 Å². The highest BCUT2D eigenvalue weighted by molar-refractivity contribution is 6.31. The SMILES string of the molecule is C[C@H](NCc1ccccc1Cl)C1CCCC1. The molecule has 1 nitrogen and oxygen atoms in total. The zero-order chi connectivity index (χ0) is 11.4. The number of nitrogens with one attached hydrogen (secondary N) is 1. The minimum absolute atomic E-state index is 0.610. The molecule has 1 aliphatic rings. The van der Waals surface area contributed by atoms with Crippen molar-refractivity contribution in [1.29, 1.82) is 0 Å². The molecule has 1 aromatic rings. The third-order valence-corrected chi connectivity index (χ3v) is 4.05. The quantitative estimate of drug-likeness (QED) is 0.835. The summed E-state index contributed by atoms with van der Waals surface area (Å²) in [5.41, 5.74) is 1.20. The van der Waals surface area contributed by atoms with E-state index in [1.807, 2.05) is 18.2 Å². The van der Waals surface area contributed by atoms with Crippen LogP contribution in [0.25, 0.3) is 0 Å². The van der Waals surface area contributed by atoms with Crippen molar-refractivity contribution in [2.75, 3.05) is 0 Å². The average molecular weight is 238 g/mol. The monoisotopic (exact) mass is 237 g/mol. The van der Waals surface area contributed by atoms with E-state index in [2.05, 4.69) is 18.3 Å². The summed E-state index contributed by atoms with van der Waals surface area (Å²) in [6.45, 7) is 3.18. The lowest BCUT2D eigenvalue weighted by Gasteiger charge is -2.20. The van der Waals surface area contributed by atoms with Crippen LogP contribution in [-0.4, -0.2) is 6.04 Å². The first-order chi connectivity index (χ1) is 7.77.